The number of pyridine rings is 1. The molecule has 3 nitrogen and oxygen atoms in total. The van der Waals surface area contributed by atoms with Crippen molar-refractivity contribution >= 4 is 5.69 Å². The van der Waals surface area contributed by atoms with Gasteiger partial charge in [0.05, 0.1) is 0 Å². The number of aromatic nitrogens is 1. The predicted molar refractivity (Wildman–Crippen MR) is 72.5 cm³/mol. The SMILES string of the molecule is CNC1CCC(N(C)c2ccnc(C)c2)CC1. The van der Waals surface area contributed by atoms with Crippen LogP contribution >= 0.6 is 0 Å². The normalized spacial score (nSPS) is 24.6. The van der Waals surface area contributed by atoms with Gasteiger partial charge in [0.15, 0.2) is 0 Å². The molecular weight excluding hydrogens is 210 g/mol. The van der Waals surface area contributed by atoms with Crippen LogP contribution in [0.3, 0.4) is 0 Å². The lowest BCUT2D eigenvalue weighted by Gasteiger charge is -2.36. The highest BCUT2D eigenvalue weighted by Gasteiger charge is 2.23. The first-order chi connectivity index (χ1) is 8.20. The predicted octanol–water partition coefficient (Wildman–Crippen LogP) is 2.36. The van der Waals surface area contributed by atoms with Gasteiger partial charge in [0.25, 0.3) is 0 Å². The van der Waals surface area contributed by atoms with Crippen molar-refractivity contribution in [3.05, 3.63) is 24.0 Å². The Balaban J connectivity index is 1.99. The van der Waals surface area contributed by atoms with Crippen LogP contribution in [0.15, 0.2) is 18.3 Å². The molecule has 0 amide bonds. The summed E-state index contributed by atoms with van der Waals surface area (Å²) < 4.78 is 0. The van der Waals surface area contributed by atoms with Gasteiger partial charge in [-0.2, -0.15) is 0 Å². The van der Waals surface area contributed by atoms with Crippen LogP contribution in [-0.4, -0.2) is 31.2 Å². The number of hydrogen-bond acceptors (Lipinski definition) is 3. The second-order valence-electron chi connectivity index (χ2n) is 5.06. The highest BCUT2D eigenvalue weighted by atomic mass is 15.1. The molecule has 1 aromatic heterocycles. The minimum Gasteiger partial charge on any atom is -0.372 e. The second kappa shape index (κ2) is 5.50. The number of nitrogens with zero attached hydrogens (tertiary/aromatic N) is 2. The van der Waals surface area contributed by atoms with Crippen LogP contribution in [0.2, 0.25) is 0 Å². The molecule has 1 fully saturated rings. The molecule has 0 saturated heterocycles. The minimum absolute atomic E-state index is 0.682. The number of nitrogens with one attached hydrogen (secondary N) is 1. The minimum atomic E-state index is 0.682. The Hall–Kier alpha value is -1.09. The lowest BCUT2D eigenvalue weighted by molar-refractivity contribution is 0.351. The van der Waals surface area contributed by atoms with E-state index in [1.54, 1.807) is 0 Å². The molecule has 0 bridgehead atoms. The van der Waals surface area contributed by atoms with E-state index in [2.05, 4.69) is 48.4 Å². The second-order valence-corrected chi connectivity index (χ2v) is 5.06. The van der Waals surface area contributed by atoms with Gasteiger partial charge in [0, 0.05) is 36.7 Å². The van der Waals surface area contributed by atoms with E-state index in [0.29, 0.717) is 6.04 Å². The first-order valence-corrected chi connectivity index (χ1v) is 6.53. The highest BCUT2D eigenvalue weighted by Crippen LogP contribution is 2.26. The number of aryl methyl sites for hydroxylation is 1. The first kappa shape index (κ1) is 12.4. The maximum absolute atomic E-state index is 4.26. The van der Waals surface area contributed by atoms with Crippen molar-refractivity contribution in [2.24, 2.45) is 0 Å². The topological polar surface area (TPSA) is 28.2 Å². The van der Waals surface area contributed by atoms with Crippen molar-refractivity contribution in [3.63, 3.8) is 0 Å². The molecule has 17 heavy (non-hydrogen) atoms. The third kappa shape index (κ3) is 2.97. The average molecular weight is 233 g/mol. The smallest absolute Gasteiger partial charge is 0.0399 e. The van der Waals surface area contributed by atoms with E-state index < -0.39 is 0 Å². The van der Waals surface area contributed by atoms with Gasteiger partial charge in [0.1, 0.15) is 0 Å². The molecule has 0 aromatic carbocycles. The molecule has 0 spiro atoms. The van der Waals surface area contributed by atoms with E-state index in [1.807, 2.05) is 6.20 Å². The van der Waals surface area contributed by atoms with Gasteiger partial charge in [-0.1, -0.05) is 0 Å². The summed E-state index contributed by atoms with van der Waals surface area (Å²) in [6.45, 7) is 2.05. The van der Waals surface area contributed by atoms with Gasteiger partial charge in [-0.3, -0.25) is 4.98 Å². The van der Waals surface area contributed by atoms with Gasteiger partial charge in [-0.25, -0.2) is 0 Å². The Labute approximate surface area is 104 Å². The monoisotopic (exact) mass is 233 g/mol. The fourth-order valence-corrected chi connectivity index (χ4v) is 2.71. The molecule has 1 heterocycles. The van der Waals surface area contributed by atoms with Crippen LogP contribution in [0.4, 0.5) is 5.69 Å². The van der Waals surface area contributed by atoms with Crippen molar-refractivity contribution in [2.45, 2.75) is 44.7 Å². The first-order valence-electron chi connectivity index (χ1n) is 6.53. The van der Waals surface area contributed by atoms with Crippen molar-refractivity contribution in [2.75, 3.05) is 19.0 Å². The van der Waals surface area contributed by atoms with Crippen LogP contribution in [-0.2, 0) is 0 Å². The largest absolute Gasteiger partial charge is 0.372 e. The summed E-state index contributed by atoms with van der Waals surface area (Å²) in [6.07, 6.45) is 7.04. The molecule has 2 rings (SSSR count). The van der Waals surface area contributed by atoms with Crippen LogP contribution in [0.5, 0.6) is 0 Å². The van der Waals surface area contributed by atoms with Crippen LogP contribution in [0, 0.1) is 6.92 Å². The molecule has 1 aliphatic rings. The molecule has 1 aliphatic carbocycles. The third-order valence-corrected chi connectivity index (χ3v) is 3.94. The summed E-state index contributed by atoms with van der Waals surface area (Å²) in [6, 6.07) is 5.68. The number of hydrogen-bond donors (Lipinski definition) is 1. The molecule has 3 heteroatoms. The van der Waals surface area contributed by atoms with Crippen molar-refractivity contribution in [3.8, 4) is 0 Å². The molecule has 1 N–H and O–H groups in total. The molecular formula is C14H23N3. The average Bonchev–Trinajstić information content (AvgIpc) is 2.38. The Morgan fingerprint density at radius 1 is 1.29 bits per heavy atom. The molecule has 0 atom stereocenters. The zero-order chi connectivity index (χ0) is 12.3. The number of anilines is 1. The molecule has 94 valence electrons. The Kier molecular flexibility index (Phi) is 4.00. The van der Waals surface area contributed by atoms with Crippen LogP contribution < -0.4 is 10.2 Å². The summed E-state index contributed by atoms with van der Waals surface area (Å²) in [5.74, 6) is 0. The summed E-state index contributed by atoms with van der Waals surface area (Å²) in [7, 11) is 4.28. The lowest BCUT2D eigenvalue weighted by Crippen LogP contribution is -2.39. The third-order valence-electron chi connectivity index (χ3n) is 3.94. The Morgan fingerprint density at radius 3 is 2.59 bits per heavy atom. The summed E-state index contributed by atoms with van der Waals surface area (Å²) in [5.41, 5.74) is 2.39. The van der Waals surface area contributed by atoms with Gasteiger partial charge < -0.3 is 10.2 Å². The lowest BCUT2D eigenvalue weighted by atomic mass is 9.90. The van der Waals surface area contributed by atoms with E-state index in [0.717, 1.165) is 11.7 Å². The van der Waals surface area contributed by atoms with Gasteiger partial charge in [0.2, 0.25) is 0 Å². The molecule has 0 radical (unpaired) electrons. The Morgan fingerprint density at radius 2 is 2.00 bits per heavy atom. The van der Waals surface area contributed by atoms with Crippen molar-refractivity contribution < 1.29 is 0 Å². The zero-order valence-electron chi connectivity index (χ0n) is 11.1. The summed E-state index contributed by atoms with van der Waals surface area (Å²) in [4.78, 5) is 6.67. The summed E-state index contributed by atoms with van der Waals surface area (Å²) in [5, 5.41) is 3.38. The van der Waals surface area contributed by atoms with E-state index in [9.17, 15) is 0 Å². The van der Waals surface area contributed by atoms with Gasteiger partial charge in [-0.15, -0.1) is 0 Å². The molecule has 1 saturated carbocycles. The maximum atomic E-state index is 4.26. The van der Waals surface area contributed by atoms with E-state index >= 15 is 0 Å². The van der Waals surface area contributed by atoms with E-state index in [-0.39, 0.29) is 0 Å². The van der Waals surface area contributed by atoms with E-state index in [4.69, 9.17) is 0 Å². The number of rotatable bonds is 3. The van der Waals surface area contributed by atoms with E-state index in [1.165, 1.54) is 31.4 Å². The fourth-order valence-electron chi connectivity index (χ4n) is 2.71. The van der Waals surface area contributed by atoms with Crippen LogP contribution in [0.25, 0.3) is 0 Å². The van der Waals surface area contributed by atoms with Crippen molar-refractivity contribution in [1.29, 1.82) is 0 Å². The molecule has 0 unspecified atom stereocenters. The van der Waals surface area contributed by atoms with Gasteiger partial charge >= 0.3 is 0 Å². The quantitative estimate of drug-likeness (QED) is 0.868. The van der Waals surface area contributed by atoms with Crippen LogP contribution in [0.1, 0.15) is 31.4 Å². The molecule has 0 aliphatic heterocycles. The van der Waals surface area contributed by atoms with Crippen molar-refractivity contribution in [1.82, 2.24) is 10.3 Å². The standard InChI is InChI=1S/C14H23N3/c1-11-10-14(8-9-16-11)17(3)13-6-4-12(15-2)5-7-13/h8-10,12-13,15H,4-7H2,1-3H3. The Bertz CT molecular complexity index is 356. The van der Waals surface area contributed by atoms with Gasteiger partial charge in [-0.05, 0) is 51.8 Å². The zero-order valence-corrected chi connectivity index (χ0v) is 11.1. The fraction of sp³-hybridized carbons (Fsp3) is 0.643. The summed E-state index contributed by atoms with van der Waals surface area (Å²) >= 11 is 0. The highest BCUT2D eigenvalue weighted by molar-refractivity contribution is 5.46. The maximum Gasteiger partial charge on any atom is 0.0399 e. The molecule has 1 aromatic rings.